The van der Waals surface area contributed by atoms with Gasteiger partial charge in [0.15, 0.2) is 5.82 Å². The fraction of sp³-hybridized carbons (Fsp3) is 0. The minimum atomic E-state index is 0.664. The molecule has 2 aromatic rings. The van der Waals surface area contributed by atoms with Gasteiger partial charge in [-0.1, -0.05) is 5.16 Å². The van der Waals surface area contributed by atoms with E-state index in [1.54, 1.807) is 29.3 Å². The molecule has 2 aromatic heterocycles. The van der Waals surface area contributed by atoms with Gasteiger partial charge in [0.25, 0.3) is 0 Å². The van der Waals surface area contributed by atoms with Crippen LogP contribution in [0.4, 0.5) is 0 Å². The van der Waals surface area contributed by atoms with E-state index in [-0.39, 0.29) is 0 Å². The van der Waals surface area contributed by atoms with Gasteiger partial charge < -0.3 is 5.21 Å². The molecule has 0 saturated heterocycles. The molecule has 6 nitrogen and oxygen atoms in total. The Morgan fingerprint density at radius 1 is 1.43 bits per heavy atom. The lowest BCUT2D eigenvalue weighted by molar-refractivity contribution is 0.322. The smallest absolute Gasteiger partial charge is 0.155 e. The van der Waals surface area contributed by atoms with Crippen molar-refractivity contribution in [1.82, 2.24) is 19.7 Å². The van der Waals surface area contributed by atoms with Gasteiger partial charge in [-0.3, -0.25) is 0 Å². The summed E-state index contributed by atoms with van der Waals surface area (Å²) < 4.78 is 1.54. The summed E-state index contributed by atoms with van der Waals surface area (Å²) in [7, 11) is 0. The number of oxime groups is 1. The van der Waals surface area contributed by atoms with Crippen molar-refractivity contribution in [3.8, 4) is 5.82 Å². The lowest BCUT2D eigenvalue weighted by atomic mass is 10.3. The summed E-state index contributed by atoms with van der Waals surface area (Å²) in [5, 5.41) is 15.1. The van der Waals surface area contributed by atoms with Gasteiger partial charge in [-0.15, -0.1) is 0 Å². The predicted octanol–water partition coefficient (Wildman–Crippen LogP) is 0.470. The zero-order valence-electron chi connectivity index (χ0n) is 7.15. The molecule has 1 N–H and O–H groups in total. The van der Waals surface area contributed by atoms with E-state index >= 15 is 0 Å². The van der Waals surface area contributed by atoms with Gasteiger partial charge in [-0.25, -0.2) is 14.6 Å². The molecule has 2 rings (SSSR count). The van der Waals surface area contributed by atoms with E-state index in [1.807, 2.05) is 0 Å². The van der Waals surface area contributed by atoms with Crippen molar-refractivity contribution >= 4 is 6.21 Å². The second-order valence-electron chi connectivity index (χ2n) is 2.53. The largest absolute Gasteiger partial charge is 0.411 e. The molecule has 0 aliphatic heterocycles. The van der Waals surface area contributed by atoms with Crippen molar-refractivity contribution in [3.05, 3.63) is 36.5 Å². The van der Waals surface area contributed by atoms with Gasteiger partial charge in [-0.2, -0.15) is 5.10 Å². The molecule has 0 aliphatic carbocycles. The highest BCUT2D eigenvalue weighted by Gasteiger charge is 1.97. The van der Waals surface area contributed by atoms with Crippen LogP contribution in [0, 0.1) is 0 Å². The van der Waals surface area contributed by atoms with Crippen LogP contribution in [0.2, 0.25) is 0 Å². The summed E-state index contributed by atoms with van der Waals surface area (Å²) in [6.45, 7) is 0. The van der Waals surface area contributed by atoms with Crippen molar-refractivity contribution in [2.45, 2.75) is 0 Å². The van der Waals surface area contributed by atoms with E-state index in [1.165, 1.54) is 12.5 Å². The molecule has 14 heavy (non-hydrogen) atoms. The van der Waals surface area contributed by atoms with E-state index in [0.717, 1.165) is 5.56 Å². The molecular formula is C8H7N5O. The second kappa shape index (κ2) is 3.65. The highest BCUT2D eigenvalue weighted by molar-refractivity contribution is 5.78. The lowest BCUT2D eigenvalue weighted by Crippen LogP contribution is -1.97. The molecule has 0 fully saturated rings. The van der Waals surface area contributed by atoms with Crippen LogP contribution in [0.15, 0.2) is 36.1 Å². The molecule has 0 atom stereocenters. The normalized spacial score (nSPS) is 10.9. The summed E-state index contributed by atoms with van der Waals surface area (Å²) >= 11 is 0. The number of hydrogen-bond donors (Lipinski definition) is 1. The number of hydrogen-bond acceptors (Lipinski definition) is 5. The molecule has 70 valence electrons. The summed E-state index contributed by atoms with van der Waals surface area (Å²) in [5.41, 5.74) is 0.719. The van der Waals surface area contributed by atoms with Gasteiger partial charge in [0.2, 0.25) is 0 Å². The maximum Gasteiger partial charge on any atom is 0.155 e. The molecule has 0 bridgehead atoms. The predicted molar refractivity (Wildman–Crippen MR) is 48.5 cm³/mol. The van der Waals surface area contributed by atoms with Crippen LogP contribution >= 0.6 is 0 Å². The summed E-state index contributed by atoms with van der Waals surface area (Å²) in [6, 6.07) is 3.52. The monoisotopic (exact) mass is 189 g/mol. The molecule has 0 spiro atoms. The first kappa shape index (κ1) is 8.36. The molecular weight excluding hydrogens is 182 g/mol. The third-order valence-corrected chi connectivity index (χ3v) is 1.63. The van der Waals surface area contributed by atoms with Gasteiger partial charge in [0.1, 0.15) is 12.7 Å². The van der Waals surface area contributed by atoms with Crippen LogP contribution in [0.3, 0.4) is 0 Å². The van der Waals surface area contributed by atoms with Crippen molar-refractivity contribution in [2.24, 2.45) is 5.16 Å². The van der Waals surface area contributed by atoms with Crippen molar-refractivity contribution < 1.29 is 5.21 Å². The van der Waals surface area contributed by atoms with Crippen molar-refractivity contribution in [2.75, 3.05) is 0 Å². The highest BCUT2D eigenvalue weighted by Crippen LogP contribution is 2.01. The van der Waals surface area contributed by atoms with E-state index in [4.69, 9.17) is 5.21 Å². The second-order valence-corrected chi connectivity index (χ2v) is 2.53. The molecule has 2 heterocycles. The van der Waals surface area contributed by atoms with E-state index in [2.05, 4.69) is 20.2 Å². The average Bonchev–Trinajstić information content (AvgIpc) is 2.72. The molecule has 6 heteroatoms. The van der Waals surface area contributed by atoms with Crippen LogP contribution in [0.1, 0.15) is 5.56 Å². The third-order valence-electron chi connectivity index (χ3n) is 1.63. The highest BCUT2D eigenvalue weighted by atomic mass is 16.4. The third kappa shape index (κ3) is 1.58. The van der Waals surface area contributed by atoms with Crippen LogP contribution < -0.4 is 0 Å². The molecule has 0 aliphatic rings. The Balaban J connectivity index is 2.31. The molecule has 0 aromatic carbocycles. The Bertz CT molecular complexity index is 420. The fourth-order valence-electron chi connectivity index (χ4n) is 1.00. The summed E-state index contributed by atoms with van der Waals surface area (Å²) in [5.74, 6) is 0.664. The number of nitrogens with zero attached hydrogens (tertiary/aromatic N) is 5. The molecule has 0 unspecified atom stereocenters. The summed E-state index contributed by atoms with van der Waals surface area (Å²) in [4.78, 5) is 7.90. The topological polar surface area (TPSA) is 76.2 Å². The quantitative estimate of drug-likeness (QED) is 0.423. The Morgan fingerprint density at radius 2 is 2.36 bits per heavy atom. The maximum absolute atomic E-state index is 8.29. The van der Waals surface area contributed by atoms with Gasteiger partial charge in [-0.05, 0) is 12.1 Å². The van der Waals surface area contributed by atoms with Crippen LogP contribution in [-0.2, 0) is 0 Å². The van der Waals surface area contributed by atoms with Gasteiger partial charge in [0, 0.05) is 11.8 Å². The Hall–Kier alpha value is -2.24. The SMILES string of the molecule is O/N=C/c1ccc(-n2cncn2)nc1. The van der Waals surface area contributed by atoms with E-state index in [0.29, 0.717) is 5.82 Å². The fourth-order valence-corrected chi connectivity index (χ4v) is 1.00. The van der Waals surface area contributed by atoms with Crippen LogP contribution in [0.5, 0.6) is 0 Å². The van der Waals surface area contributed by atoms with E-state index in [9.17, 15) is 0 Å². The van der Waals surface area contributed by atoms with Crippen molar-refractivity contribution in [1.29, 1.82) is 0 Å². The number of rotatable bonds is 2. The van der Waals surface area contributed by atoms with Gasteiger partial charge in [0.05, 0.1) is 6.21 Å². The molecule has 0 saturated carbocycles. The first-order valence-corrected chi connectivity index (χ1v) is 3.88. The minimum Gasteiger partial charge on any atom is -0.411 e. The zero-order chi connectivity index (χ0) is 9.80. The van der Waals surface area contributed by atoms with Crippen LogP contribution in [-0.4, -0.2) is 31.2 Å². The lowest BCUT2D eigenvalue weighted by Gasteiger charge is -1.98. The van der Waals surface area contributed by atoms with Crippen molar-refractivity contribution in [3.63, 3.8) is 0 Å². The summed E-state index contributed by atoms with van der Waals surface area (Å²) in [6.07, 6.45) is 5.88. The number of aromatic nitrogens is 4. The number of pyridine rings is 1. The first-order valence-electron chi connectivity index (χ1n) is 3.88. The standard InChI is InChI=1S/C8H7N5O/c14-12-4-7-1-2-8(10-3-7)13-6-9-5-11-13/h1-6,14H/b12-4+. The van der Waals surface area contributed by atoms with Gasteiger partial charge >= 0.3 is 0 Å². The Kier molecular flexibility index (Phi) is 2.18. The Labute approximate surface area is 79.5 Å². The minimum absolute atomic E-state index is 0.664. The Morgan fingerprint density at radius 3 is 2.93 bits per heavy atom. The molecule has 0 amide bonds. The van der Waals surface area contributed by atoms with E-state index < -0.39 is 0 Å². The average molecular weight is 189 g/mol. The molecule has 0 radical (unpaired) electrons. The maximum atomic E-state index is 8.29. The zero-order valence-corrected chi connectivity index (χ0v) is 7.15. The van der Waals surface area contributed by atoms with Crippen LogP contribution in [0.25, 0.3) is 5.82 Å². The first-order chi connectivity index (χ1) is 6.90.